The van der Waals surface area contributed by atoms with E-state index in [9.17, 15) is 14.0 Å². The van der Waals surface area contributed by atoms with E-state index in [-0.39, 0.29) is 52.3 Å². The molecule has 2 aliphatic rings. The number of anilines is 1. The maximum Gasteiger partial charge on any atom is 0.414 e. The molecule has 2 aromatic rings. The van der Waals surface area contributed by atoms with Gasteiger partial charge in [-0.1, -0.05) is 51.1 Å². The van der Waals surface area contributed by atoms with Crippen LogP contribution in [0.4, 0.5) is 19.7 Å². The molecule has 2 atom stereocenters. The topological polar surface area (TPSA) is 77.5 Å². The van der Waals surface area contributed by atoms with E-state index in [1.807, 2.05) is 44.2 Å². The quantitative estimate of drug-likeness (QED) is 0.362. The minimum Gasteiger partial charge on any atom is -0.490 e. The minimum absolute atomic E-state index is 0.000979. The zero-order chi connectivity index (χ0) is 28.2. The maximum absolute atomic E-state index is 14.9. The molecule has 1 unspecified atom stereocenters. The predicted molar refractivity (Wildman–Crippen MR) is 146 cm³/mol. The van der Waals surface area contributed by atoms with Crippen molar-refractivity contribution in [2.75, 3.05) is 31.1 Å². The largest absolute Gasteiger partial charge is 0.490 e. The van der Waals surface area contributed by atoms with Crippen molar-refractivity contribution < 1.29 is 32.6 Å². The second kappa shape index (κ2) is 12.0. The third-order valence-electron chi connectivity index (χ3n) is 6.66. The lowest BCUT2D eigenvalue weighted by atomic mass is 10.0. The summed E-state index contributed by atoms with van der Waals surface area (Å²) in [6, 6.07) is 14.0. The van der Waals surface area contributed by atoms with Crippen LogP contribution in [0.15, 0.2) is 48.5 Å². The van der Waals surface area contributed by atoms with E-state index < -0.39 is 23.6 Å². The van der Waals surface area contributed by atoms with Gasteiger partial charge >= 0.3 is 12.2 Å². The molecule has 2 amide bonds. The van der Waals surface area contributed by atoms with E-state index in [0.29, 0.717) is 18.8 Å². The van der Waals surface area contributed by atoms with Crippen LogP contribution >= 0.6 is 0 Å². The lowest BCUT2D eigenvalue weighted by molar-refractivity contribution is -0.0133. The Balaban J connectivity index is 1.26. The second-order valence-electron chi connectivity index (χ2n) is 11.6. The van der Waals surface area contributed by atoms with Crippen molar-refractivity contribution in [1.82, 2.24) is 4.90 Å². The molecule has 2 aliphatic heterocycles. The normalized spacial score (nSPS) is 19.8. The standard InChI is InChI=1S/C29H37FN2O6Si/c1-28(2,3)39-38-29(4,5)25-17-32(27(34)37-25)22-11-12-24(23(30)15-22)35-19-21-13-14-31(16-21)26(33)36-18-20-9-7-6-8-10-20/h6-12,15,21,25H,13-14,16-19H2,1-5H3/t21?,25-/m1/s1. The number of ether oxygens (including phenoxy) is 3. The SMILES string of the molecule is CC(C)(C)[Si]OC(C)(C)[C@H]1CN(c2ccc(OCC3CCN(C(=O)OCc4ccccc4)C3)c(F)c2)C(=O)O1. The molecule has 2 saturated heterocycles. The Morgan fingerprint density at radius 2 is 1.85 bits per heavy atom. The van der Waals surface area contributed by atoms with Crippen molar-refractivity contribution in [3.8, 4) is 5.75 Å². The Hall–Kier alpha value is -3.11. The van der Waals surface area contributed by atoms with Gasteiger partial charge in [0.1, 0.15) is 12.7 Å². The summed E-state index contributed by atoms with van der Waals surface area (Å²) >= 11 is 0. The Bertz CT molecular complexity index is 1160. The van der Waals surface area contributed by atoms with E-state index in [2.05, 4.69) is 20.8 Å². The molecule has 2 aromatic carbocycles. The van der Waals surface area contributed by atoms with Gasteiger partial charge in [0, 0.05) is 25.1 Å². The zero-order valence-corrected chi connectivity index (χ0v) is 24.2. The summed E-state index contributed by atoms with van der Waals surface area (Å²) in [7, 11) is 0.244. The van der Waals surface area contributed by atoms with Crippen molar-refractivity contribution in [2.45, 2.75) is 64.4 Å². The summed E-state index contributed by atoms with van der Waals surface area (Å²) in [5.41, 5.74) is 0.648. The number of benzene rings is 2. The number of halogens is 1. The van der Waals surface area contributed by atoms with Crippen LogP contribution in [-0.4, -0.2) is 64.8 Å². The van der Waals surface area contributed by atoms with Gasteiger partial charge in [0.15, 0.2) is 11.6 Å². The van der Waals surface area contributed by atoms with Gasteiger partial charge in [-0.25, -0.2) is 14.0 Å². The van der Waals surface area contributed by atoms with Gasteiger partial charge in [0.25, 0.3) is 0 Å². The van der Waals surface area contributed by atoms with Crippen LogP contribution in [0.5, 0.6) is 5.75 Å². The van der Waals surface area contributed by atoms with Crippen molar-refractivity contribution in [1.29, 1.82) is 0 Å². The Labute approximate surface area is 232 Å². The molecule has 4 rings (SSSR count). The fraction of sp³-hybridized carbons (Fsp3) is 0.517. The van der Waals surface area contributed by atoms with Crippen molar-refractivity contribution in [2.24, 2.45) is 5.92 Å². The van der Waals surface area contributed by atoms with Gasteiger partial charge in [-0.05, 0) is 43.0 Å². The van der Waals surface area contributed by atoms with Crippen LogP contribution in [0.3, 0.4) is 0 Å². The van der Waals surface area contributed by atoms with Gasteiger partial charge in [-0.3, -0.25) is 4.90 Å². The van der Waals surface area contributed by atoms with Crippen LogP contribution in [0.1, 0.15) is 46.6 Å². The first-order chi connectivity index (χ1) is 18.4. The number of rotatable bonds is 9. The maximum atomic E-state index is 14.9. The summed E-state index contributed by atoms with van der Waals surface area (Å²) in [5.74, 6) is -0.396. The highest BCUT2D eigenvalue weighted by Crippen LogP contribution is 2.33. The number of likely N-dealkylation sites (tertiary alicyclic amines) is 1. The molecule has 2 fully saturated rings. The Morgan fingerprint density at radius 3 is 2.54 bits per heavy atom. The average molecular weight is 557 g/mol. The average Bonchev–Trinajstić information content (AvgIpc) is 3.53. The molecule has 2 heterocycles. The van der Waals surface area contributed by atoms with Gasteiger partial charge in [-0.15, -0.1) is 0 Å². The van der Waals surface area contributed by atoms with Gasteiger partial charge in [0.05, 0.1) is 24.4 Å². The predicted octanol–water partition coefficient (Wildman–Crippen LogP) is 5.82. The summed E-state index contributed by atoms with van der Waals surface area (Å²) in [6.07, 6.45) is -0.632. The van der Waals surface area contributed by atoms with Crippen molar-refractivity contribution in [3.05, 3.63) is 59.9 Å². The number of nitrogens with zero attached hydrogens (tertiary/aromatic N) is 2. The van der Waals surface area contributed by atoms with E-state index in [1.54, 1.807) is 11.0 Å². The van der Waals surface area contributed by atoms with E-state index in [0.717, 1.165) is 12.0 Å². The molecule has 210 valence electrons. The minimum atomic E-state index is -0.680. The van der Waals surface area contributed by atoms with Gasteiger partial charge < -0.3 is 23.5 Å². The van der Waals surface area contributed by atoms with Crippen LogP contribution in [-0.2, 0) is 20.5 Å². The van der Waals surface area contributed by atoms with Crippen molar-refractivity contribution >= 4 is 27.6 Å². The molecule has 0 saturated carbocycles. The summed E-state index contributed by atoms with van der Waals surface area (Å²) in [5, 5.41) is 0.000979. The first kappa shape index (κ1) is 28.9. The summed E-state index contributed by atoms with van der Waals surface area (Å²) in [4.78, 5) is 28.1. The second-order valence-corrected chi connectivity index (χ2v) is 13.5. The highest BCUT2D eigenvalue weighted by molar-refractivity contribution is 6.31. The fourth-order valence-electron chi connectivity index (χ4n) is 4.31. The Morgan fingerprint density at radius 1 is 1.10 bits per heavy atom. The number of hydrogen-bond acceptors (Lipinski definition) is 6. The van der Waals surface area contributed by atoms with E-state index in [4.69, 9.17) is 18.6 Å². The molecular weight excluding hydrogens is 519 g/mol. The molecule has 0 bridgehead atoms. The number of hydrogen-bond donors (Lipinski definition) is 0. The van der Waals surface area contributed by atoms with E-state index >= 15 is 0 Å². The smallest absolute Gasteiger partial charge is 0.414 e. The van der Waals surface area contributed by atoms with E-state index in [1.165, 1.54) is 17.0 Å². The first-order valence-corrected chi connectivity index (χ1v) is 14.1. The van der Waals surface area contributed by atoms with Gasteiger partial charge in [0.2, 0.25) is 9.76 Å². The molecular formula is C29H37FN2O6Si. The third kappa shape index (κ3) is 7.73. The molecule has 0 aromatic heterocycles. The fourth-order valence-corrected chi connectivity index (χ4v) is 5.01. The molecule has 2 radical (unpaired) electrons. The molecule has 0 N–H and O–H groups in total. The summed E-state index contributed by atoms with van der Waals surface area (Å²) in [6.45, 7) is 11.9. The van der Waals surface area contributed by atoms with Gasteiger partial charge in [-0.2, -0.15) is 0 Å². The zero-order valence-electron chi connectivity index (χ0n) is 23.2. The number of cyclic esters (lactones) is 1. The third-order valence-corrected chi connectivity index (χ3v) is 7.90. The molecule has 0 aliphatic carbocycles. The van der Waals surface area contributed by atoms with Crippen LogP contribution in [0.25, 0.3) is 0 Å². The highest BCUT2D eigenvalue weighted by Gasteiger charge is 2.43. The molecule has 0 spiro atoms. The van der Waals surface area contributed by atoms with Crippen LogP contribution in [0, 0.1) is 11.7 Å². The summed E-state index contributed by atoms with van der Waals surface area (Å²) < 4.78 is 37.8. The lowest BCUT2D eigenvalue weighted by Crippen LogP contribution is -2.43. The number of carbonyl (C=O) groups excluding carboxylic acids is 2. The molecule has 39 heavy (non-hydrogen) atoms. The van der Waals surface area contributed by atoms with Crippen molar-refractivity contribution in [3.63, 3.8) is 0 Å². The first-order valence-electron chi connectivity index (χ1n) is 13.2. The number of carbonyl (C=O) groups is 2. The Kier molecular flexibility index (Phi) is 8.85. The molecule has 10 heteroatoms. The number of amides is 2. The molecule has 8 nitrogen and oxygen atoms in total. The monoisotopic (exact) mass is 556 g/mol. The lowest BCUT2D eigenvalue weighted by Gasteiger charge is -2.32. The highest BCUT2D eigenvalue weighted by atomic mass is 28.2. The van der Waals surface area contributed by atoms with Crippen LogP contribution < -0.4 is 9.64 Å². The van der Waals surface area contributed by atoms with Crippen LogP contribution in [0.2, 0.25) is 5.04 Å².